The van der Waals surface area contributed by atoms with Gasteiger partial charge in [0.15, 0.2) is 0 Å². The van der Waals surface area contributed by atoms with Crippen molar-refractivity contribution in [2.45, 2.75) is 6.42 Å². The molecule has 0 spiro atoms. The number of carbonyl (C=O) groups excluding carboxylic acids is 2. The van der Waals surface area contributed by atoms with Crippen LogP contribution in [0.4, 0.5) is 5.69 Å². The van der Waals surface area contributed by atoms with Crippen LogP contribution in [0.15, 0.2) is 48.5 Å². The molecule has 0 saturated heterocycles. The summed E-state index contributed by atoms with van der Waals surface area (Å²) in [5.74, 6) is -0.630. The first-order valence-corrected chi connectivity index (χ1v) is 7.44. The highest BCUT2D eigenvalue weighted by Crippen LogP contribution is 2.13. The van der Waals surface area contributed by atoms with Gasteiger partial charge in [-0.15, -0.1) is 0 Å². The number of methoxy groups -OCH3 is 1. The van der Waals surface area contributed by atoms with E-state index in [1.807, 2.05) is 24.3 Å². The van der Waals surface area contributed by atoms with Gasteiger partial charge in [0.2, 0.25) is 0 Å². The van der Waals surface area contributed by atoms with Gasteiger partial charge in [-0.25, -0.2) is 0 Å². The zero-order chi connectivity index (χ0) is 16.7. The van der Waals surface area contributed by atoms with Crippen LogP contribution >= 0.6 is 11.6 Å². The van der Waals surface area contributed by atoms with E-state index in [1.54, 1.807) is 31.4 Å². The summed E-state index contributed by atoms with van der Waals surface area (Å²) in [5.41, 5.74) is 1.53. The minimum Gasteiger partial charge on any atom is -0.497 e. The van der Waals surface area contributed by atoms with Crippen molar-refractivity contribution in [2.24, 2.45) is 0 Å². The quantitative estimate of drug-likeness (QED) is 0.827. The summed E-state index contributed by atoms with van der Waals surface area (Å²) >= 11 is 5.76. The molecule has 2 aromatic rings. The maximum absolute atomic E-state index is 11.8. The molecule has 0 unspecified atom stereocenters. The molecule has 6 heteroatoms. The van der Waals surface area contributed by atoms with Gasteiger partial charge in [-0.2, -0.15) is 0 Å². The fourth-order valence-corrected chi connectivity index (χ4v) is 2.08. The van der Waals surface area contributed by atoms with Gasteiger partial charge in [-0.3, -0.25) is 9.59 Å². The molecule has 120 valence electrons. The second kappa shape index (κ2) is 8.19. The van der Waals surface area contributed by atoms with Crippen molar-refractivity contribution in [3.8, 4) is 5.75 Å². The highest BCUT2D eigenvalue weighted by molar-refractivity contribution is 6.39. The second-order valence-electron chi connectivity index (χ2n) is 4.82. The van der Waals surface area contributed by atoms with Gasteiger partial charge in [0.05, 0.1) is 7.11 Å². The molecule has 0 aliphatic carbocycles. The van der Waals surface area contributed by atoms with E-state index in [0.29, 0.717) is 23.7 Å². The van der Waals surface area contributed by atoms with Crippen molar-refractivity contribution in [1.29, 1.82) is 0 Å². The topological polar surface area (TPSA) is 67.4 Å². The van der Waals surface area contributed by atoms with Crippen LogP contribution in [-0.2, 0) is 16.0 Å². The fraction of sp³-hybridized carbons (Fsp3) is 0.176. The normalized spacial score (nSPS) is 10.0. The van der Waals surface area contributed by atoms with Crippen molar-refractivity contribution in [1.82, 2.24) is 5.32 Å². The van der Waals surface area contributed by atoms with Crippen LogP contribution in [0, 0.1) is 0 Å². The summed E-state index contributed by atoms with van der Waals surface area (Å²) in [6.45, 7) is 0.361. The Morgan fingerprint density at radius 3 is 2.52 bits per heavy atom. The van der Waals surface area contributed by atoms with Crippen molar-refractivity contribution < 1.29 is 14.3 Å². The van der Waals surface area contributed by atoms with Crippen molar-refractivity contribution in [2.75, 3.05) is 19.0 Å². The highest BCUT2D eigenvalue weighted by Gasteiger charge is 2.12. The second-order valence-corrected chi connectivity index (χ2v) is 5.25. The Labute approximate surface area is 139 Å². The molecule has 0 radical (unpaired) electrons. The smallest absolute Gasteiger partial charge is 0.313 e. The largest absolute Gasteiger partial charge is 0.497 e. The highest BCUT2D eigenvalue weighted by atomic mass is 35.5. The Bertz CT molecular complexity index is 686. The van der Waals surface area contributed by atoms with Crippen molar-refractivity contribution >= 4 is 29.1 Å². The van der Waals surface area contributed by atoms with Crippen LogP contribution in [0.1, 0.15) is 5.56 Å². The van der Waals surface area contributed by atoms with Gasteiger partial charge in [0.25, 0.3) is 0 Å². The number of ether oxygens (including phenoxy) is 1. The van der Waals surface area contributed by atoms with Crippen molar-refractivity contribution in [3.63, 3.8) is 0 Å². The van der Waals surface area contributed by atoms with Gasteiger partial charge in [-0.05, 0) is 48.4 Å². The summed E-state index contributed by atoms with van der Waals surface area (Å²) in [5, 5.41) is 5.65. The van der Waals surface area contributed by atoms with E-state index >= 15 is 0 Å². The third-order valence-electron chi connectivity index (χ3n) is 3.14. The van der Waals surface area contributed by atoms with Gasteiger partial charge in [0.1, 0.15) is 5.75 Å². The number of carbonyl (C=O) groups is 2. The SMILES string of the molecule is COc1cccc(CCNC(=O)C(=O)Nc2ccc(Cl)cc2)c1. The summed E-state index contributed by atoms with van der Waals surface area (Å²) in [4.78, 5) is 23.5. The Morgan fingerprint density at radius 1 is 1.09 bits per heavy atom. The molecule has 0 aliphatic heterocycles. The van der Waals surface area contributed by atoms with E-state index in [1.165, 1.54) is 0 Å². The molecule has 0 saturated carbocycles. The molecule has 0 bridgehead atoms. The van der Waals surface area contributed by atoms with E-state index in [9.17, 15) is 9.59 Å². The molecule has 2 aromatic carbocycles. The first kappa shape index (κ1) is 16.8. The first-order valence-electron chi connectivity index (χ1n) is 7.06. The third kappa shape index (κ3) is 5.30. The molecular weight excluding hydrogens is 316 g/mol. The minimum absolute atomic E-state index is 0.361. The zero-order valence-electron chi connectivity index (χ0n) is 12.6. The summed E-state index contributed by atoms with van der Waals surface area (Å²) in [6.07, 6.45) is 0.608. The van der Waals surface area contributed by atoms with E-state index in [-0.39, 0.29) is 0 Å². The number of benzene rings is 2. The van der Waals surface area contributed by atoms with Gasteiger partial charge in [0, 0.05) is 17.3 Å². The molecule has 5 nitrogen and oxygen atoms in total. The Balaban J connectivity index is 1.79. The molecule has 0 heterocycles. The van der Waals surface area contributed by atoms with E-state index in [0.717, 1.165) is 11.3 Å². The maximum atomic E-state index is 11.8. The summed E-state index contributed by atoms with van der Waals surface area (Å²) in [6, 6.07) is 14.1. The Morgan fingerprint density at radius 2 is 1.83 bits per heavy atom. The average Bonchev–Trinajstić information content (AvgIpc) is 2.57. The van der Waals surface area contributed by atoms with Crippen LogP contribution < -0.4 is 15.4 Å². The number of amides is 2. The molecule has 0 aliphatic rings. The van der Waals surface area contributed by atoms with Crippen LogP contribution in [0.5, 0.6) is 5.75 Å². The third-order valence-corrected chi connectivity index (χ3v) is 3.39. The lowest BCUT2D eigenvalue weighted by atomic mass is 10.1. The van der Waals surface area contributed by atoms with Crippen LogP contribution in [0.2, 0.25) is 5.02 Å². The summed E-state index contributed by atoms with van der Waals surface area (Å²) < 4.78 is 5.13. The number of hydrogen-bond donors (Lipinski definition) is 2. The molecule has 0 atom stereocenters. The monoisotopic (exact) mass is 332 g/mol. The number of rotatable bonds is 5. The van der Waals surface area contributed by atoms with E-state index in [2.05, 4.69) is 10.6 Å². The van der Waals surface area contributed by atoms with Crippen LogP contribution in [0.25, 0.3) is 0 Å². The van der Waals surface area contributed by atoms with Gasteiger partial charge >= 0.3 is 11.8 Å². The lowest BCUT2D eigenvalue weighted by Crippen LogP contribution is -2.36. The predicted molar refractivity (Wildman–Crippen MR) is 89.8 cm³/mol. The standard InChI is InChI=1S/C17H17ClN2O3/c1-23-15-4-2-3-12(11-15)9-10-19-16(21)17(22)20-14-7-5-13(18)6-8-14/h2-8,11H,9-10H2,1H3,(H,19,21)(H,20,22). The van der Waals surface area contributed by atoms with Crippen molar-refractivity contribution in [3.05, 3.63) is 59.1 Å². The van der Waals surface area contributed by atoms with E-state index < -0.39 is 11.8 Å². The molecule has 0 fully saturated rings. The molecule has 2 amide bonds. The molecular formula is C17H17ClN2O3. The molecule has 2 N–H and O–H groups in total. The van der Waals surface area contributed by atoms with Gasteiger partial charge < -0.3 is 15.4 Å². The van der Waals surface area contributed by atoms with Gasteiger partial charge in [-0.1, -0.05) is 23.7 Å². The van der Waals surface area contributed by atoms with Crippen LogP contribution in [0.3, 0.4) is 0 Å². The molecule has 23 heavy (non-hydrogen) atoms. The lowest BCUT2D eigenvalue weighted by Gasteiger charge is -2.07. The number of halogens is 1. The number of anilines is 1. The number of hydrogen-bond acceptors (Lipinski definition) is 3. The Hall–Kier alpha value is -2.53. The minimum atomic E-state index is -0.710. The maximum Gasteiger partial charge on any atom is 0.313 e. The molecule has 0 aromatic heterocycles. The Kier molecular flexibility index (Phi) is 6.00. The average molecular weight is 333 g/mol. The van der Waals surface area contributed by atoms with Crippen LogP contribution in [-0.4, -0.2) is 25.5 Å². The first-order chi connectivity index (χ1) is 11.1. The molecule has 2 rings (SSSR count). The summed E-state index contributed by atoms with van der Waals surface area (Å²) in [7, 11) is 1.60. The lowest BCUT2D eigenvalue weighted by molar-refractivity contribution is -0.136. The van der Waals surface area contributed by atoms with E-state index in [4.69, 9.17) is 16.3 Å². The fourth-order valence-electron chi connectivity index (χ4n) is 1.95. The zero-order valence-corrected chi connectivity index (χ0v) is 13.4. The predicted octanol–water partition coefficient (Wildman–Crippen LogP) is 2.65. The number of nitrogens with one attached hydrogen (secondary N) is 2.